The molecule has 24 heavy (non-hydrogen) atoms. The fourth-order valence-electron chi connectivity index (χ4n) is 3.06. The second-order valence-corrected chi connectivity index (χ2v) is 8.42. The van der Waals surface area contributed by atoms with E-state index in [1.807, 2.05) is 12.1 Å². The van der Waals surface area contributed by atoms with Crippen LogP contribution in [-0.2, 0) is 13.1 Å². The number of nitrogens with zero attached hydrogens (tertiary/aromatic N) is 1. The van der Waals surface area contributed by atoms with Gasteiger partial charge in [-0.25, -0.2) is 0 Å². The molecule has 2 nitrogen and oxygen atoms in total. The molecule has 5 heteroatoms. The van der Waals surface area contributed by atoms with Crippen molar-refractivity contribution < 1.29 is 11.6 Å². The normalized spacial score (nSPS) is 16.5. The summed E-state index contributed by atoms with van der Waals surface area (Å²) in [5.74, 6) is 0. The Hall–Kier alpha value is -0.330. The van der Waals surface area contributed by atoms with Gasteiger partial charge in [-0.2, -0.15) is 0 Å². The molecule has 1 aliphatic heterocycles. The Bertz CT molecular complexity index is 668. The minimum Gasteiger partial charge on any atom is -0.310 e. The van der Waals surface area contributed by atoms with Gasteiger partial charge in [0.1, 0.15) is 5.02 Å². The highest BCUT2D eigenvalue weighted by atomic mass is 127. The topological polar surface area (TPSA) is 15.3 Å². The van der Waals surface area contributed by atoms with Crippen LogP contribution in [0.15, 0.2) is 42.5 Å². The number of likely N-dealkylation sites (tertiary alicyclic amines) is 1. The molecule has 0 atom stereocenters. The van der Waals surface area contributed by atoms with Crippen LogP contribution in [0.2, 0.25) is 10.0 Å². The second-order valence-electron chi connectivity index (χ2n) is 6.32. The highest BCUT2D eigenvalue weighted by Crippen LogP contribution is 2.21. The van der Waals surface area contributed by atoms with Crippen LogP contribution >= 0.6 is 34.2 Å². The summed E-state index contributed by atoms with van der Waals surface area (Å²) in [6, 6.07) is 15.4. The van der Waals surface area contributed by atoms with Crippen molar-refractivity contribution in [3.8, 4) is 0 Å². The van der Waals surface area contributed by atoms with Crippen LogP contribution in [0.3, 0.4) is 0 Å². The molecule has 0 radical (unpaired) electrons. The van der Waals surface area contributed by atoms with Gasteiger partial charge in [0.15, 0.2) is 11.6 Å². The van der Waals surface area contributed by atoms with Crippen LogP contribution in [0.25, 0.3) is 0 Å². The van der Waals surface area contributed by atoms with Crippen molar-refractivity contribution in [3.05, 3.63) is 67.2 Å². The highest BCUT2D eigenvalue weighted by molar-refractivity contribution is 14.1. The average Bonchev–Trinajstić information content (AvgIpc) is 2.59. The van der Waals surface area contributed by atoms with Gasteiger partial charge in [-0.05, 0) is 77.8 Å². The Balaban J connectivity index is 1.43. The fourth-order valence-corrected chi connectivity index (χ4v) is 3.75. The molecule has 3 rings (SSSR count). The van der Waals surface area contributed by atoms with E-state index in [0.29, 0.717) is 11.1 Å². The Labute approximate surface area is 167 Å². The molecule has 0 aromatic heterocycles. The third-order valence-corrected chi connectivity index (χ3v) is 6.00. The number of rotatable bonds is 5. The molecular formula is C19H22Cl2IN2+. The van der Waals surface area contributed by atoms with E-state index in [1.165, 1.54) is 27.5 Å². The van der Waals surface area contributed by atoms with Crippen LogP contribution in [0.4, 0.5) is 0 Å². The third-order valence-electron chi connectivity index (χ3n) is 4.50. The molecule has 0 bridgehead atoms. The zero-order chi connectivity index (χ0) is 16.9. The summed E-state index contributed by atoms with van der Waals surface area (Å²) in [6.07, 6.45) is 2.38. The number of halogens is 3. The van der Waals surface area contributed by atoms with E-state index < -0.39 is 0 Å². The number of nitrogens with one attached hydrogen (secondary N) is 1. The van der Waals surface area contributed by atoms with Gasteiger partial charge in [-0.3, -0.25) is 4.90 Å². The zero-order valence-corrected chi connectivity index (χ0v) is 17.2. The molecule has 1 heterocycles. The summed E-state index contributed by atoms with van der Waals surface area (Å²) in [5.41, 5.74) is 2.61. The summed E-state index contributed by atoms with van der Waals surface area (Å²) in [6.45, 7) is 4.16. The molecule has 2 aromatic rings. The molecule has 0 aliphatic carbocycles. The van der Waals surface area contributed by atoms with Gasteiger partial charge < -0.3 is 5.32 Å². The SMILES string of the molecule is Clc1cc(CN2CCC(NCc3ccc(I)cc3)CC2)ccc1[ClH+]. The summed E-state index contributed by atoms with van der Waals surface area (Å²) >= 11 is 13.6. The Kier molecular flexibility index (Phi) is 6.81. The molecule has 2 aromatic carbocycles. The monoisotopic (exact) mass is 475 g/mol. The van der Waals surface area contributed by atoms with Crippen molar-refractivity contribution in [1.82, 2.24) is 10.2 Å². The summed E-state index contributed by atoms with van der Waals surface area (Å²) in [4.78, 5) is 2.50. The first-order valence-electron chi connectivity index (χ1n) is 8.26. The molecular weight excluding hydrogens is 454 g/mol. The van der Waals surface area contributed by atoms with Gasteiger partial charge in [-0.1, -0.05) is 29.8 Å². The first-order valence-corrected chi connectivity index (χ1v) is 10.1. The summed E-state index contributed by atoms with van der Waals surface area (Å²) < 4.78 is 1.29. The fraction of sp³-hybridized carbons (Fsp3) is 0.368. The number of piperidine rings is 1. The van der Waals surface area contributed by atoms with E-state index in [2.05, 4.69) is 63.1 Å². The largest absolute Gasteiger partial charge is 0.310 e. The van der Waals surface area contributed by atoms with E-state index in [1.54, 1.807) is 0 Å². The lowest BCUT2D eigenvalue weighted by Crippen LogP contribution is -2.41. The summed E-state index contributed by atoms with van der Waals surface area (Å²) in [5, 5.41) is 5.12. The first kappa shape index (κ1) is 18.5. The second kappa shape index (κ2) is 8.86. The lowest BCUT2D eigenvalue weighted by atomic mass is 10.0. The van der Waals surface area contributed by atoms with Gasteiger partial charge in [0.05, 0.1) is 0 Å². The van der Waals surface area contributed by atoms with Crippen molar-refractivity contribution >= 4 is 34.2 Å². The van der Waals surface area contributed by atoms with Crippen LogP contribution < -0.4 is 5.32 Å². The maximum Gasteiger partial charge on any atom is 0.244 e. The van der Waals surface area contributed by atoms with Crippen LogP contribution in [0.1, 0.15) is 24.0 Å². The minimum atomic E-state index is 0.610. The summed E-state index contributed by atoms with van der Waals surface area (Å²) in [7, 11) is 0. The Morgan fingerprint density at radius 3 is 2.42 bits per heavy atom. The van der Waals surface area contributed by atoms with E-state index in [0.717, 1.165) is 31.2 Å². The van der Waals surface area contributed by atoms with Gasteiger partial charge >= 0.3 is 0 Å². The molecule has 0 unspecified atom stereocenters. The van der Waals surface area contributed by atoms with E-state index >= 15 is 0 Å². The lowest BCUT2D eigenvalue weighted by Gasteiger charge is -2.32. The molecule has 128 valence electrons. The number of hydrogen-bond donors (Lipinski definition) is 1. The molecule has 0 spiro atoms. The Morgan fingerprint density at radius 2 is 1.75 bits per heavy atom. The molecule has 0 saturated carbocycles. The minimum absolute atomic E-state index is 0.610. The van der Waals surface area contributed by atoms with Gasteiger partial charge in [0, 0.05) is 28.8 Å². The number of benzene rings is 2. The van der Waals surface area contributed by atoms with E-state index in [4.69, 9.17) is 23.2 Å². The van der Waals surface area contributed by atoms with Gasteiger partial charge in [0.2, 0.25) is 5.02 Å². The zero-order valence-electron chi connectivity index (χ0n) is 13.5. The molecule has 1 fully saturated rings. The van der Waals surface area contributed by atoms with Crippen molar-refractivity contribution in [2.75, 3.05) is 13.1 Å². The van der Waals surface area contributed by atoms with E-state index in [-0.39, 0.29) is 0 Å². The van der Waals surface area contributed by atoms with Crippen molar-refractivity contribution in [2.45, 2.75) is 32.0 Å². The van der Waals surface area contributed by atoms with Crippen molar-refractivity contribution in [2.24, 2.45) is 0 Å². The standard InChI is InChI=1S/C19H22Cl2IN2/c20-18-6-3-15(11-19(18)21)13-24-9-7-17(8-10-24)23-12-14-1-4-16(22)5-2-14/h1-6,11,17,20,23H,7-10,12-13H2/q+1. The molecule has 1 saturated heterocycles. The average molecular weight is 476 g/mol. The smallest absolute Gasteiger partial charge is 0.244 e. The predicted molar refractivity (Wildman–Crippen MR) is 106 cm³/mol. The van der Waals surface area contributed by atoms with Crippen molar-refractivity contribution in [3.63, 3.8) is 0 Å². The number of hydrogen-bond acceptors (Lipinski definition) is 2. The first-order chi connectivity index (χ1) is 11.6. The van der Waals surface area contributed by atoms with Gasteiger partial charge in [-0.15, -0.1) is 0 Å². The molecule has 1 N–H and O–H groups in total. The maximum absolute atomic E-state index is 6.13. The molecule has 0 amide bonds. The van der Waals surface area contributed by atoms with Crippen molar-refractivity contribution in [1.29, 1.82) is 0 Å². The van der Waals surface area contributed by atoms with Crippen LogP contribution in [0, 0.1) is 15.2 Å². The quantitative estimate of drug-likeness (QED) is 0.645. The lowest BCUT2D eigenvalue weighted by molar-refractivity contribution is -0.288. The van der Waals surface area contributed by atoms with Crippen LogP contribution in [-0.4, -0.2) is 24.0 Å². The predicted octanol–water partition coefficient (Wildman–Crippen LogP) is 4.40. The van der Waals surface area contributed by atoms with E-state index in [9.17, 15) is 0 Å². The molecule has 1 aliphatic rings. The van der Waals surface area contributed by atoms with Crippen LogP contribution in [0.5, 0.6) is 0 Å². The maximum atomic E-state index is 6.13. The third kappa shape index (κ3) is 5.33. The Morgan fingerprint density at radius 1 is 1.08 bits per heavy atom. The van der Waals surface area contributed by atoms with Gasteiger partial charge in [0.25, 0.3) is 0 Å². The highest BCUT2D eigenvalue weighted by Gasteiger charge is 2.19.